The Bertz CT molecular complexity index is 1080. The number of pyridine rings is 1. The summed E-state index contributed by atoms with van der Waals surface area (Å²) in [5.41, 5.74) is 4.88. The highest BCUT2D eigenvalue weighted by Crippen LogP contribution is 2.23. The molecule has 28 heavy (non-hydrogen) atoms. The van der Waals surface area contributed by atoms with E-state index in [0.29, 0.717) is 12.1 Å². The molecular formula is C23H19N5. The predicted octanol–water partition coefficient (Wildman–Crippen LogP) is 4.48. The van der Waals surface area contributed by atoms with Crippen molar-refractivity contribution in [3.63, 3.8) is 0 Å². The summed E-state index contributed by atoms with van der Waals surface area (Å²) in [5.74, 6) is 0.730. The lowest BCUT2D eigenvalue weighted by atomic mass is 10.1. The molecule has 0 aliphatic rings. The van der Waals surface area contributed by atoms with E-state index >= 15 is 0 Å². The van der Waals surface area contributed by atoms with Gasteiger partial charge in [0, 0.05) is 30.1 Å². The fourth-order valence-electron chi connectivity index (χ4n) is 3.03. The van der Waals surface area contributed by atoms with Crippen molar-refractivity contribution in [3.8, 4) is 17.3 Å². The molecular weight excluding hydrogens is 346 g/mol. The molecule has 2 aromatic heterocycles. The zero-order chi connectivity index (χ0) is 19.2. The summed E-state index contributed by atoms with van der Waals surface area (Å²) >= 11 is 0. The second-order valence-electron chi connectivity index (χ2n) is 6.45. The van der Waals surface area contributed by atoms with Gasteiger partial charge in [-0.1, -0.05) is 60.7 Å². The molecule has 0 aliphatic heterocycles. The number of rotatable bonds is 6. The van der Waals surface area contributed by atoms with Crippen LogP contribution in [0.2, 0.25) is 0 Å². The van der Waals surface area contributed by atoms with Gasteiger partial charge in [0.2, 0.25) is 0 Å². The molecule has 0 unspecified atom stereocenters. The molecule has 5 nitrogen and oxygen atoms in total. The van der Waals surface area contributed by atoms with E-state index in [-0.39, 0.29) is 0 Å². The van der Waals surface area contributed by atoms with Gasteiger partial charge in [-0.05, 0) is 17.7 Å². The number of anilines is 1. The van der Waals surface area contributed by atoms with Crippen molar-refractivity contribution < 1.29 is 0 Å². The molecule has 0 bridgehead atoms. The highest BCUT2D eigenvalue weighted by Gasteiger charge is 2.11. The first-order valence-electron chi connectivity index (χ1n) is 9.07. The Balaban J connectivity index is 1.59. The van der Waals surface area contributed by atoms with Crippen LogP contribution in [0.1, 0.15) is 16.7 Å². The Hall–Kier alpha value is -3.91. The quantitative estimate of drug-likeness (QED) is 0.547. The molecule has 2 heterocycles. The second kappa shape index (κ2) is 8.19. The predicted molar refractivity (Wildman–Crippen MR) is 109 cm³/mol. The molecule has 0 atom stereocenters. The third-order valence-electron chi connectivity index (χ3n) is 4.42. The fraction of sp³-hybridized carbons (Fsp3) is 0.0870. The normalized spacial score (nSPS) is 10.4. The third kappa shape index (κ3) is 4.08. The first-order chi connectivity index (χ1) is 13.8. The maximum absolute atomic E-state index is 8.90. The number of nitriles is 1. The molecule has 4 rings (SSSR count). The van der Waals surface area contributed by atoms with E-state index in [4.69, 9.17) is 10.4 Å². The molecule has 0 saturated heterocycles. The minimum atomic E-state index is 0.547. The molecule has 0 spiro atoms. The number of hydrogen-bond donors (Lipinski definition) is 1. The van der Waals surface area contributed by atoms with Gasteiger partial charge in [-0.3, -0.25) is 4.68 Å². The molecule has 0 fully saturated rings. The molecule has 0 amide bonds. The van der Waals surface area contributed by atoms with Crippen LogP contribution >= 0.6 is 0 Å². The Labute approximate surface area is 163 Å². The van der Waals surface area contributed by atoms with E-state index in [1.165, 1.54) is 5.56 Å². The van der Waals surface area contributed by atoms with Crippen LogP contribution in [0.15, 0.2) is 85.2 Å². The van der Waals surface area contributed by atoms with Gasteiger partial charge in [-0.15, -0.1) is 0 Å². The molecule has 0 saturated carbocycles. The highest BCUT2D eigenvalue weighted by atomic mass is 15.3. The van der Waals surface area contributed by atoms with Gasteiger partial charge in [0.15, 0.2) is 0 Å². The smallest absolute Gasteiger partial charge is 0.126 e. The highest BCUT2D eigenvalue weighted by molar-refractivity contribution is 5.63. The maximum Gasteiger partial charge on any atom is 0.126 e. The van der Waals surface area contributed by atoms with Crippen LogP contribution in [0.5, 0.6) is 0 Å². The van der Waals surface area contributed by atoms with Gasteiger partial charge in [0.25, 0.3) is 0 Å². The Kier molecular flexibility index (Phi) is 5.12. The van der Waals surface area contributed by atoms with Crippen molar-refractivity contribution in [3.05, 3.63) is 102 Å². The lowest BCUT2D eigenvalue weighted by Crippen LogP contribution is -2.02. The first kappa shape index (κ1) is 17.5. The van der Waals surface area contributed by atoms with Crippen LogP contribution in [0.25, 0.3) is 11.3 Å². The van der Waals surface area contributed by atoms with Gasteiger partial charge in [0.1, 0.15) is 11.9 Å². The number of nitrogens with one attached hydrogen (secondary N) is 1. The SMILES string of the molecule is N#Cc1ccc(NCc2cn(Cc3ccccc3)nc2-c2ccccc2)nc1. The number of nitrogens with zero attached hydrogens (tertiary/aromatic N) is 4. The molecule has 4 aromatic rings. The minimum Gasteiger partial charge on any atom is -0.366 e. The fourth-order valence-corrected chi connectivity index (χ4v) is 3.03. The lowest BCUT2D eigenvalue weighted by Gasteiger charge is -2.06. The van der Waals surface area contributed by atoms with Crippen molar-refractivity contribution >= 4 is 5.82 Å². The average Bonchev–Trinajstić information content (AvgIpc) is 3.16. The number of aromatic nitrogens is 3. The third-order valence-corrected chi connectivity index (χ3v) is 4.42. The number of hydrogen-bond acceptors (Lipinski definition) is 4. The van der Waals surface area contributed by atoms with Crippen molar-refractivity contribution in [1.29, 1.82) is 5.26 Å². The van der Waals surface area contributed by atoms with Crippen LogP contribution in [-0.4, -0.2) is 14.8 Å². The van der Waals surface area contributed by atoms with Crippen LogP contribution in [0.4, 0.5) is 5.82 Å². The lowest BCUT2D eigenvalue weighted by molar-refractivity contribution is 0.688. The standard InChI is InChI=1S/C23H19N5/c24-13-19-11-12-22(25-14-19)26-15-21-17-28(16-18-7-3-1-4-8-18)27-23(21)20-9-5-2-6-10-20/h1-12,14,17H,15-16H2,(H,25,26). The molecule has 2 aromatic carbocycles. The summed E-state index contributed by atoms with van der Waals surface area (Å²) in [5, 5.41) is 17.1. The zero-order valence-electron chi connectivity index (χ0n) is 15.3. The molecule has 5 heteroatoms. The van der Waals surface area contributed by atoms with Crippen molar-refractivity contribution in [2.45, 2.75) is 13.1 Å². The Morgan fingerprint density at radius 3 is 2.36 bits per heavy atom. The van der Waals surface area contributed by atoms with Gasteiger partial charge in [-0.2, -0.15) is 10.4 Å². The van der Waals surface area contributed by atoms with E-state index < -0.39 is 0 Å². The summed E-state index contributed by atoms with van der Waals surface area (Å²) in [6, 6.07) is 26.1. The number of benzene rings is 2. The summed E-state index contributed by atoms with van der Waals surface area (Å²) in [6.45, 7) is 1.31. The summed E-state index contributed by atoms with van der Waals surface area (Å²) in [4.78, 5) is 4.28. The zero-order valence-corrected chi connectivity index (χ0v) is 15.3. The van der Waals surface area contributed by atoms with Crippen molar-refractivity contribution in [2.24, 2.45) is 0 Å². The van der Waals surface area contributed by atoms with E-state index in [1.807, 2.05) is 47.1 Å². The Morgan fingerprint density at radius 1 is 0.929 bits per heavy atom. The Morgan fingerprint density at radius 2 is 1.68 bits per heavy atom. The summed E-state index contributed by atoms with van der Waals surface area (Å²) in [6.07, 6.45) is 3.64. The maximum atomic E-state index is 8.90. The molecule has 0 radical (unpaired) electrons. The van der Waals surface area contributed by atoms with Gasteiger partial charge in [-0.25, -0.2) is 4.98 Å². The van der Waals surface area contributed by atoms with Gasteiger partial charge in [0.05, 0.1) is 17.8 Å². The van der Waals surface area contributed by atoms with Crippen molar-refractivity contribution in [2.75, 3.05) is 5.32 Å². The molecule has 1 N–H and O–H groups in total. The van der Waals surface area contributed by atoms with E-state index in [2.05, 4.69) is 46.8 Å². The topological polar surface area (TPSA) is 66.5 Å². The van der Waals surface area contributed by atoms with Crippen LogP contribution in [0, 0.1) is 11.3 Å². The van der Waals surface area contributed by atoms with Crippen LogP contribution < -0.4 is 5.32 Å². The first-order valence-corrected chi connectivity index (χ1v) is 9.07. The summed E-state index contributed by atoms with van der Waals surface area (Å²) in [7, 11) is 0. The monoisotopic (exact) mass is 365 g/mol. The van der Waals surface area contributed by atoms with Crippen molar-refractivity contribution in [1.82, 2.24) is 14.8 Å². The average molecular weight is 365 g/mol. The van der Waals surface area contributed by atoms with Gasteiger partial charge < -0.3 is 5.32 Å². The van der Waals surface area contributed by atoms with Gasteiger partial charge >= 0.3 is 0 Å². The van der Waals surface area contributed by atoms with Crippen LogP contribution in [0.3, 0.4) is 0 Å². The van der Waals surface area contributed by atoms with Crippen LogP contribution in [-0.2, 0) is 13.1 Å². The van der Waals surface area contributed by atoms with E-state index in [9.17, 15) is 0 Å². The van der Waals surface area contributed by atoms with E-state index in [0.717, 1.165) is 29.2 Å². The summed E-state index contributed by atoms with van der Waals surface area (Å²) < 4.78 is 1.97. The molecule has 136 valence electrons. The van der Waals surface area contributed by atoms with E-state index in [1.54, 1.807) is 12.3 Å². The second-order valence-corrected chi connectivity index (χ2v) is 6.45. The molecule has 0 aliphatic carbocycles. The largest absolute Gasteiger partial charge is 0.366 e. The minimum absolute atomic E-state index is 0.547.